The minimum Gasteiger partial charge on any atom is -0.343 e. The monoisotopic (exact) mass is 144 g/mol. The standard InChI is InChI=1S/C7H16N2O/c1-4-6(2)7(10)9-5-8-3/h6,8H,4-5H2,1-3H3,(H,9,10). The van der Waals surface area contributed by atoms with Crippen molar-refractivity contribution < 1.29 is 4.79 Å². The smallest absolute Gasteiger partial charge is 0.223 e. The lowest BCUT2D eigenvalue weighted by Crippen LogP contribution is -2.35. The zero-order chi connectivity index (χ0) is 7.98. The van der Waals surface area contributed by atoms with Gasteiger partial charge in [-0.2, -0.15) is 0 Å². The Morgan fingerprint density at radius 2 is 2.20 bits per heavy atom. The maximum Gasteiger partial charge on any atom is 0.223 e. The first kappa shape index (κ1) is 9.43. The number of hydrogen-bond acceptors (Lipinski definition) is 2. The minimum absolute atomic E-state index is 0.122. The Kier molecular flexibility index (Phi) is 4.94. The first-order valence-corrected chi connectivity index (χ1v) is 3.64. The fraction of sp³-hybridized carbons (Fsp3) is 0.857. The molecule has 3 heteroatoms. The van der Waals surface area contributed by atoms with Gasteiger partial charge in [-0.15, -0.1) is 0 Å². The van der Waals surface area contributed by atoms with Crippen LogP contribution in [0.25, 0.3) is 0 Å². The van der Waals surface area contributed by atoms with E-state index in [1.807, 2.05) is 13.8 Å². The Bertz CT molecular complexity index is 104. The van der Waals surface area contributed by atoms with E-state index in [9.17, 15) is 4.79 Å². The van der Waals surface area contributed by atoms with Crippen molar-refractivity contribution in [3.8, 4) is 0 Å². The van der Waals surface area contributed by atoms with Crippen LogP contribution in [0.3, 0.4) is 0 Å². The molecule has 0 saturated heterocycles. The molecule has 1 unspecified atom stereocenters. The maximum atomic E-state index is 11.0. The van der Waals surface area contributed by atoms with Crippen molar-refractivity contribution in [3.63, 3.8) is 0 Å². The van der Waals surface area contributed by atoms with Gasteiger partial charge in [0.1, 0.15) is 0 Å². The van der Waals surface area contributed by atoms with Gasteiger partial charge in [0, 0.05) is 5.92 Å². The van der Waals surface area contributed by atoms with Crippen molar-refractivity contribution in [2.75, 3.05) is 13.7 Å². The predicted molar refractivity (Wildman–Crippen MR) is 41.5 cm³/mol. The van der Waals surface area contributed by atoms with Crippen LogP contribution >= 0.6 is 0 Å². The molecule has 0 aromatic heterocycles. The third-order valence-corrected chi connectivity index (χ3v) is 1.50. The van der Waals surface area contributed by atoms with Crippen LogP contribution in [0.2, 0.25) is 0 Å². The molecule has 0 aliphatic carbocycles. The van der Waals surface area contributed by atoms with Gasteiger partial charge in [0.2, 0.25) is 5.91 Å². The summed E-state index contributed by atoms with van der Waals surface area (Å²) in [5, 5.41) is 5.58. The summed E-state index contributed by atoms with van der Waals surface area (Å²) in [5.74, 6) is 0.255. The highest BCUT2D eigenvalue weighted by Gasteiger charge is 2.07. The van der Waals surface area contributed by atoms with E-state index in [4.69, 9.17) is 0 Å². The van der Waals surface area contributed by atoms with Crippen LogP contribution < -0.4 is 10.6 Å². The zero-order valence-corrected chi connectivity index (χ0v) is 6.90. The van der Waals surface area contributed by atoms with Gasteiger partial charge in [-0.1, -0.05) is 13.8 Å². The Morgan fingerprint density at radius 1 is 1.60 bits per heavy atom. The van der Waals surface area contributed by atoms with Crippen molar-refractivity contribution in [1.82, 2.24) is 10.6 Å². The van der Waals surface area contributed by atoms with Gasteiger partial charge in [-0.3, -0.25) is 4.79 Å². The lowest BCUT2D eigenvalue weighted by molar-refractivity contribution is -0.124. The van der Waals surface area contributed by atoms with E-state index in [1.165, 1.54) is 0 Å². The van der Waals surface area contributed by atoms with Crippen molar-refractivity contribution in [2.24, 2.45) is 5.92 Å². The fourth-order valence-electron chi connectivity index (χ4n) is 0.535. The Hall–Kier alpha value is -0.570. The fourth-order valence-corrected chi connectivity index (χ4v) is 0.535. The molecular formula is C7H16N2O. The molecule has 0 heterocycles. The first-order valence-electron chi connectivity index (χ1n) is 3.64. The second-order valence-electron chi connectivity index (χ2n) is 2.38. The van der Waals surface area contributed by atoms with Crippen LogP contribution in [0.1, 0.15) is 20.3 Å². The molecule has 0 spiro atoms. The van der Waals surface area contributed by atoms with Crippen LogP contribution in [0.15, 0.2) is 0 Å². The topological polar surface area (TPSA) is 41.1 Å². The third-order valence-electron chi connectivity index (χ3n) is 1.50. The Balaban J connectivity index is 3.42. The summed E-state index contributed by atoms with van der Waals surface area (Å²) in [5.41, 5.74) is 0. The van der Waals surface area contributed by atoms with Crippen molar-refractivity contribution in [1.29, 1.82) is 0 Å². The molecule has 10 heavy (non-hydrogen) atoms. The summed E-state index contributed by atoms with van der Waals surface area (Å²) in [6.45, 7) is 4.48. The van der Waals surface area contributed by atoms with E-state index in [0.29, 0.717) is 6.67 Å². The molecule has 0 bridgehead atoms. The average molecular weight is 144 g/mol. The molecule has 3 nitrogen and oxygen atoms in total. The van der Waals surface area contributed by atoms with Crippen LogP contribution in [0, 0.1) is 5.92 Å². The number of hydrogen-bond donors (Lipinski definition) is 2. The van der Waals surface area contributed by atoms with Gasteiger partial charge in [-0.25, -0.2) is 0 Å². The summed E-state index contributed by atoms with van der Waals surface area (Å²) in [6, 6.07) is 0. The van der Waals surface area contributed by atoms with Crippen molar-refractivity contribution >= 4 is 5.91 Å². The molecule has 0 rings (SSSR count). The number of amides is 1. The second kappa shape index (κ2) is 5.23. The highest BCUT2D eigenvalue weighted by molar-refractivity contribution is 5.78. The summed E-state index contributed by atoms with van der Waals surface area (Å²) >= 11 is 0. The van der Waals surface area contributed by atoms with Gasteiger partial charge in [0.15, 0.2) is 0 Å². The molecule has 0 aromatic carbocycles. The van der Waals surface area contributed by atoms with E-state index < -0.39 is 0 Å². The molecule has 1 amide bonds. The van der Waals surface area contributed by atoms with E-state index >= 15 is 0 Å². The van der Waals surface area contributed by atoms with Crippen LogP contribution in [-0.2, 0) is 4.79 Å². The minimum atomic E-state index is 0.122. The number of carbonyl (C=O) groups is 1. The van der Waals surface area contributed by atoms with Gasteiger partial charge >= 0.3 is 0 Å². The number of carbonyl (C=O) groups excluding carboxylic acids is 1. The SMILES string of the molecule is CCC(C)C(=O)NCNC. The van der Waals surface area contributed by atoms with Gasteiger partial charge in [-0.05, 0) is 13.5 Å². The van der Waals surface area contributed by atoms with E-state index in [0.717, 1.165) is 6.42 Å². The molecule has 0 fully saturated rings. The molecule has 0 aliphatic rings. The third kappa shape index (κ3) is 3.45. The molecule has 1 atom stereocenters. The van der Waals surface area contributed by atoms with Crippen LogP contribution in [0.4, 0.5) is 0 Å². The molecule has 0 radical (unpaired) electrons. The molecule has 0 saturated carbocycles. The molecule has 0 aromatic rings. The van der Waals surface area contributed by atoms with E-state index in [1.54, 1.807) is 7.05 Å². The second-order valence-corrected chi connectivity index (χ2v) is 2.38. The number of nitrogens with one attached hydrogen (secondary N) is 2. The molecular weight excluding hydrogens is 128 g/mol. The molecule has 2 N–H and O–H groups in total. The summed E-state index contributed by atoms with van der Waals surface area (Å²) < 4.78 is 0. The Morgan fingerprint density at radius 3 is 2.60 bits per heavy atom. The van der Waals surface area contributed by atoms with Crippen molar-refractivity contribution in [2.45, 2.75) is 20.3 Å². The summed E-state index contributed by atoms with van der Waals surface area (Å²) in [4.78, 5) is 11.0. The van der Waals surface area contributed by atoms with Crippen LogP contribution in [0.5, 0.6) is 0 Å². The summed E-state index contributed by atoms with van der Waals surface area (Å²) in [7, 11) is 1.80. The zero-order valence-electron chi connectivity index (χ0n) is 6.90. The van der Waals surface area contributed by atoms with Gasteiger partial charge < -0.3 is 10.6 Å². The highest BCUT2D eigenvalue weighted by atomic mass is 16.1. The van der Waals surface area contributed by atoms with E-state index in [2.05, 4.69) is 10.6 Å². The number of rotatable bonds is 4. The average Bonchev–Trinajstić information content (AvgIpc) is 1.98. The summed E-state index contributed by atoms with van der Waals surface area (Å²) in [6.07, 6.45) is 0.898. The largest absolute Gasteiger partial charge is 0.343 e. The Labute approximate surface area is 62.2 Å². The van der Waals surface area contributed by atoms with Gasteiger partial charge in [0.25, 0.3) is 0 Å². The highest BCUT2D eigenvalue weighted by Crippen LogP contribution is 1.98. The normalized spacial score (nSPS) is 12.7. The quantitative estimate of drug-likeness (QED) is 0.558. The van der Waals surface area contributed by atoms with Crippen molar-refractivity contribution in [3.05, 3.63) is 0 Å². The first-order chi connectivity index (χ1) is 4.72. The molecule has 60 valence electrons. The molecule has 0 aliphatic heterocycles. The van der Waals surface area contributed by atoms with Gasteiger partial charge in [0.05, 0.1) is 6.67 Å². The lowest BCUT2D eigenvalue weighted by Gasteiger charge is -2.08. The van der Waals surface area contributed by atoms with Crippen LogP contribution in [-0.4, -0.2) is 19.6 Å². The lowest BCUT2D eigenvalue weighted by atomic mass is 10.1. The predicted octanol–water partition coefficient (Wildman–Crippen LogP) is 0.326. The maximum absolute atomic E-state index is 11.0. The van der Waals surface area contributed by atoms with E-state index in [-0.39, 0.29) is 11.8 Å².